The predicted molar refractivity (Wildman–Crippen MR) is 79.9 cm³/mol. The summed E-state index contributed by atoms with van der Waals surface area (Å²) in [6.07, 6.45) is 1.48. The minimum absolute atomic E-state index is 0.0456. The Morgan fingerprint density at radius 3 is 2.74 bits per heavy atom. The molecule has 0 heterocycles. The van der Waals surface area contributed by atoms with Gasteiger partial charge in [-0.2, -0.15) is 0 Å². The summed E-state index contributed by atoms with van der Waals surface area (Å²) in [4.78, 5) is 0.0456. The van der Waals surface area contributed by atoms with Crippen LogP contribution in [0.3, 0.4) is 0 Å². The van der Waals surface area contributed by atoms with E-state index in [1.54, 1.807) is 7.11 Å². The number of hydrogen-bond acceptors (Lipinski definition) is 4. The molecule has 3 N–H and O–H groups in total. The molecule has 0 aromatic heterocycles. The van der Waals surface area contributed by atoms with Gasteiger partial charge in [-0.25, -0.2) is 13.1 Å². The molecule has 1 aromatic rings. The van der Waals surface area contributed by atoms with Gasteiger partial charge in [0.1, 0.15) is 0 Å². The minimum Gasteiger partial charge on any atom is -0.398 e. The highest BCUT2D eigenvalue weighted by Crippen LogP contribution is 2.31. The number of sulfonamides is 1. The van der Waals surface area contributed by atoms with Gasteiger partial charge in [-0.15, -0.1) is 0 Å². The number of nitrogen functional groups attached to an aromatic ring is 1. The molecule has 0 aliphatic heterocycles. The fourth-order valence-corrected chi connectivity index (χ4v) is 3.80. The van der Waals surface area contributed by atoms with E-state index in [1.165, 1.54) is 12.1 Å². The average Bonchev–Trinajstić information content (AvgIpc) is 2.33. The molecule has 1 aromatic carbocycles. The monoisotopic (exact) mass is 370 g/mol. The molecule has 0 unspecified atom stereocenters. The van der Waals surface area contributed by atoms with Crippen molar-refractivity contribution in [3.63, 3.8) is 0 Å². The third-order valence-corrected chi connectivity index (χ3v) is 5.24. The molecule has 19 heavy (non-hydrogen) atoms. The van der Waals surface area contributed by atoms with Gasteiger partial charge >= 0.3 is 0 Å². The van der Waals surface area contributed by atoms with E-state index in [4.69, 9.17) is 22.1 Å². The second-order valence-corrected chi connectivity index (χ2v) is 6.87. The van der Waals surface area contributed by atoms with Crippen LogP contribution in [0.2, 0.25) is 5.02 Å². The van der Waals surface area contributed by atoms with Crippen molar-refractivity contribution >= 4 is 43.2 Å². The van der Waals surface area contributed by atoms with Crippen LogP contribution >= 0.6 is 27.5 Å². The first-order valence-corrected chi connectivity index (χ1v) is 8.27. The van der Waals surface area contributed by atoms with Crippen LogP contribution in [0.25, 0.3) is 0 Å². The zero-order chi connectivity index (χ0) is 14.5. The van der Waals surface area contributed by atoms with Gasteiger partial charge in [0.2, 0.25) is 10.0 Å². The molecule has 5 nitrogen and oxygen atoms in total. The molecule has 0 aliphatic rings. The summed E-state index contributed by atoms with van der Waals surface area (Å²) in [5, 5.41) is 0.278. The minimum atomic E-state index is -3.63. The number of halogens is 2. The molecule has 0 bridgehead atoms. The molecule has 0 radical (unpaired) electrons. The highest BCUT2D eigenvalue weighted by Gasteiger charge is 2.19. The lowest BCUT2D eigenvalue weighted by Gasteiger charge is -2.10. The van der Waals surface area contributed by atoms with E-state index >= 15 is 0 Å². The maximum atomic E-state index is 12.1. The molecule has 0 saturated heterocycles. The van der Waals surface area contributed by atoms with Gasteiger partial charge in [0.05, 0.1) is 9.37 Å². The van der Waals surface area contributed by atoms with Crippen molar-refractivity contribution < 1.29 is 13.2 Å². The fourth-order valence-electron chi connectivity index (χ4n) is 1.44. The van der Waals surface area contributed by atoms with E-state index in [-0.39, 0.29) is 15.6 Å². The Labute approximate surface area is 126 Å². The van der Waals surface area contributed by atoms with Gasteiger partial charge in [-0.05, 0) is 40.9 Å². The second-order valence-electron chi connectivity index (χ2n) is 3.90. The number of unbranched alkanes of at least 4 members (excludes halogenated alkanes) is 1. The summed E-state index contributed by atoms with van der Waals surface area (Å²) in [6.45, 7) is 0.945. The van der Waals surface area contributed by atoms with Crippen molar-refractivity contribution in [3.05, 3.63) is 21.6 Å². The topological polar surface area (TPSA) is 81.4 Å². The Morgan fingerprint density at radius 1 is 1.42 bits per heavy atom. The third-order valence-electron chi connectivity index (χ3n) is 2.39. The van der Waals surface area contributed by atoms with Crippen molar-refractivity contribution in [1.29, 1.82) is 0 Å². The molecular formula is C11H16BrClN2O3S. The van der Waals surface area contributed by atoms with Gasteiger partial charge in [-0.3, -0.25) is 0 Å². The zero-order valence-corrected chi connectivity index (χ0v) is 13.6. The van der Waals surface area contributed by atoms with Crippen LogP contribution in [0.5, 0.6) is 0 Å². The van der Waals surface area contributed by atoms with Crippen LogP contribution in [0.4, 0.5) is 5.69 Å². The van der Waals surface area contributed by atoms with E-state index < -0.39 is 10.0 Å². The maximum absolute atomic E-state index is 12.1. The lowest BCUT2D eigenvalue weighted by molar-refractivity contribution is 0.193. The summed E-state index contributed by atoms with van der Waals surface area (Å²) in [7, 11) is -2.02. The van der Waals surface area contributed by atoms with Crippen LogP contribution < -0.4 is 10.5 Å². The second kappa shape index (κ2) is 7.44. The largest absolute Gasteiger partial charge is 0.398 e. The lowest BCUT2D eigenvalue weighted by Crippen LogP contribution is -2.25. The van der Waals surface area contributed by atoms with Gasteiger partial charge in [-0.1, -0.05) is 11.6 Å². The SMILES string of the molecule is COCCCCNS(=O)(=O)c1cc(Cl)cc(N)c1Br. The first kappa shape index (κ1) is 16.7. The lowest BCUT2D eigenvalue weighted by atomic mass is 10.3. The van der Waals surface area contributed by atoms with Crippen LogP contribution in [-0.2, 0) is 14.8 Å². The number of benzene rings is 1. The average molecular weight is 372 g/mol. The quantitative estimate of drug-likeness (QED) is 0.569. The Morgan fingerprint density at radius 2 is 2.11 bits per heavy atom. The van der Waals surface area contributed by atoms with Gasteiger partial charge in [0.15, 0.2) is 0 Å². The Bertz CT molecular complexity index is 537. The molecule has 0 atom stereocenters. The highest BCUT2D eigenvalue weighted by atomic mass is 79.9. The number of anilines is 1. The van der Waals surface area contributed by atoms with E-state index in [2.05, 4.69) is 20.7 Å². The summed E-state index contributed by atoms with van der Waals surface area (Å²) in [5.74, 6) is 0. The molecular weight excluding hydrogens is 356 g/mol. The molecule has 0 spiro atoms. The number of methoxy groups -OCH3 is 1. The molecule has 108 valence electrons. The highest BCUT2D eigenvalue weighted by molar-refractivity contribution is 9.10. The number of ether oxygens (including phenoxy) is 1. The number of nitrogens with one attached hydrogen (secondary N) is 1. The van der Waals surface area contributed by atoms with Crippen LogP contribution in [0, 0.1) is 0 Å². The Hall–Kier alpha value is -0.340. The van der Waals surface area contributed by atoms with Gasteiger partial charge in [0, 0.05) is 31.0 Å². The number of rotatable bonds is 7. The van der Waals surface area contributed by atoms with Crippen LogP contribution in [0.15, 0.2) is 21.5 Å². The zero-order valence-electron chi connectivity index (χ0n) is 10.4. The number of nitrogens with two attached hydrogens (primary N) is 1. The third kappa shape index (κ3) is 4.92. The fraction of sp³-hybridized carbons (Fsp3) is 0.455. The first-order chi connectivity index (χ1) is 8.88. The molecule has 0 saturated carbocycles. The molecule has 8 heteroatoms. The standard InChI is InChI=1S/C11H16BrClN2O3S/c1-18-5-3-2-4-15-19(16,17)10-7-8(13)6-9(14)11(10)12/h6-7,15H,2-5,14H2,1H3. The summed E-state index contributed by atoms with van der Waals surface area (Å²) in [5.41, 5.74) is 5.96. The summed E-state index contributed by atoms with van der Waals surface area (Å²) >= 11 is 8.98. The molecule has 0 fully saturated rings. The van der Waals surface area contributed by atoms with E-state index in [1.807, 2.05) is 0 Å². The normalized spacial score (nSPS) is 11.7. The van der Waals surface area contributed by atoms with Gasteiger partial charge < -0.3 is 10.5 Å². The van der Waals surface area contributed by atoms with Crippen molar-refractivity contribution in [2.75, 3.05) is 26.0 Å². The molecule has 1 rings (SSSR count). The predicted octanol–water partition coefficient (Wildman–Crippen LogP) is 2.39. The van der Waals surface area contributed by atoms with E-state index in [9.17, 15) is 8.42 Å². The first-order valence-electron chi connectivity index (χ1n) is 5.61. The Kier molecular flexibility index (Phi) is 6.55. The van der Waals surface area contributed by atoms with E-state index in [0.717, 1.165) is 6.42 Å². The number of hydrogen-bond donors (Lipinski definition) is 2. The summed E-state index contributed by atoms with van der Waals surface area (Å²) < 4.78 is 31.9. The molecule has 0 aliphatic carbocycles. The van der Waals surface area contributed by atoms with Gasteiger partial charge in [0.25, 0.3) is 0 Å². The van der Waals surface area contributed by atoms with Crippen LogP contribution in [-0.4, -0.2) is 28.7 Å². The van der Waals surface area contributed by atoms with Crippen molar-refractivity contribution in [2.24, 2.45) is 0 Å². The maximum Gasteiger partial charge on any atom is 0.241 e. The van der Waals surface area contributed by atoms with Crippen LogP contribution in [0.1, 0.15) is 12.8 Å². The molecule has 0 amide bonds. The van der Waals surface area contributed by atoms with Crippen molar-refractivity contribution in [1.82, 2.24) is 4.72 Å². The van der Waals surface area contributed by atoms with Crippen molar-refractivity contribution in [2.45, 2.75) is 17.7 Å². The van der Waals surface area contributed by atoms with Crippen molar-refractivity contribution in [3.8, 4) is 0 Å². The Balaban J connectivity index is 2.78. The summed E-state index contributed by atoms with van der Waals surface area (Å²) in [6, 6.07) is 2.85. The van der Waals surface area contributed by atoms with E-state index in [0.29, 0.717) is 24.0 Å². The smallest absolute Gasteiger partial charge is 0.241 e.